The molecule has 0 unspecified atom stereocenters. The van der Waals surface area contributed by atoms with E-state index < -0.39 is 16.6 Å². The van der Waals surface area contributed by atoms with Crippen LogP contribution in [0.1, 0.15) is 20.8 Å². The number of methoxy groups -OCH3 is 1. The van der Waals surface area contributed by atoms with Gasteiger partial charge in [-0.05, 0) is 32.9 Å². The van der Waals surface area contributed by atoms with E-state index in [2.05, 4.69) is 10.3 Å². The van der Waals surface area contributed by atoms with Gasteiger partial charge in [0.2, 0.25) is 5.88 Å². The Bertz CT molecular complexity index is 799. The second kappa shape index (κ2) is 7.68. The lowest BCUT2D eigenvalue weighted by Crippen LogP contribution is -2.27. The van der Waals surface area contributed by atoms with Crippen LogP contribution < -0.4 is 14.8 Å². The number of hydrogen-bond acceptors (Lipinski definition) is 7. The van der Waals surface area contributed by atoms with Crippen LogP contribution in [0.3, 0.4) is 0 Å². The Labute approximate surface area is 150 Å². The minimum Gasteiger partial charge on any atom is -0.493 e. The Kier molecular flexibility index (Phi) is 5.61. The molecule has 2 rings (SSSR count). The summed E-state index contributed by atoms with van der Waals surface area (Å²) < 4.78 is 16.0. The smallest absolute Gasteiger partial charge is 0.412 e. The lowest BCUT2D eigenvalue weighted by atomic mass is 10.2. The largest absolute Gasteiger partial charge is 0.493 e. The average molecular weight is 361 g/mol. The molecule has 0 saturated heterocycles. The maximum absolute atomic E-state index is 11.8. The number of anilines is 1. The monoisotopic (exact) mass is 361 g/mol. The molecule has 2 aromatic rings. The minimum atomic E-state index is -0.612. The Balaban J connectivity index is 2.13. The van der Waals surface area contributed by atoms with E-state index in [1.165, 1.54) is 19.2 Å². The number of nitrogens with one attached hydrogen (secondary N) is 1. The number of aromatic nitrogens is 1. The van der Waals surface area contributed by atoms with Crippen molar-refractivity contribution in [2.24, 2.45) is 0 Å². The van der Waals surface area contributed by atoms with E-state index in [0.29, 0.717) is 17.2 Å². The van der Waals surface area contributed by atoms with Gasteiger partial charge in [0.25, 0.3) is 5.69 Å². The molecular weight excluding hydrogens is 342 g/mol. The zero-order chi connectivity index (χ0) is 19.3. The van der Waals surface area contributed by atoms with Gasteiger partial charge in [0.15, 0.2) is 11.5 Å². The maximum atomic E-state index is 11.8. The number of ether oxygens (including phenoxy) is 3. The van der Waals surface area contributed by atoms with Crippen molar-refractivity contribution in [3.05, 3.63) is 46.6 Å². The Hall–Kier alpha value is -3.36. The predicted octanol–water partition coefficient (Wildman–Crippen LogP) is 4.14. The first-order valence-corrected chi connectivity index (χ1v) is 7.64. The minimum absolute atomic E-state index is 0.138. The lowest BCUT2D eigenvalue weighted by Gasteiger charge is -2.20. The molecule has 1 aromatic heterocycles. The van der Waals surface area contributed by atoms with E-state index in [-0.39, 0.29) is 11.6 Å². The topological polar surface area (TPSA) is 113 Å². The normalized spacial score (nSPS) is 10.8. The van der Waals surface area contributed by atoms with E-state index in [4.69, 9.17) is 14.2 Å². The van der Waals surface area contributed by atoms with Crippen LogP contribution in [0.5, 0.6) is 17.4 Å². The van der Waals surface area contributed by atoms with Crippen LogP contribution in [0, 0.1) is 10.1 Å². The van der Waals surface area contributed by atoms with Crippen molar-refractivity contribution in [1.29, 1.82) is 0 Å². The number of amides is 1. The fraction of sp³-hybridized carbons (Fsp3) is 0.294. The summed E-state index contributed by atoms with van der Waals surface area (Å²) >= 11 is 0. The molecule has 1 heterocycles. The fourth-order valence-electron chi connectivity index (χ4n) is 1.90. The highest BCUT2D eigenvalue weighted by Gasteiger charge is 2.17. The first-order chi connectivity index (χ1) is 12.2. The fourth-order valence-corrected chi connectivity index (χ4v) is 1.90. The van der Waals surface area contributed by atoms with Crippen molar-refractivity contribution >= 4 is 17.5 Å². The van der Waals surface area contributed by atoms with Gasteiger partial charge in [0.1, 0.15) is 11.8 Å². The van der Waals surface area contributed by atoms with Crippen LogP contribution in [0.25, 0.3) is 0 Å². The summed E-state index contributed by atoms with van der Waals surface area (Å²) in [4.78, 5) is 25.8. The molecule has 0 saturated carbocycles. The molecule has 0 spiro atoms. The van der Waals surface area contributed by atoms with E-state index in [1.54, 1.807) is 39.0 Å². The number of nitro groups is 1. The standard InChI is InChI=1S/C17H19N3O6/c1-17(2,3)26-16(21)19-11-5-7-13(14(9-11)24-4)25-15-8-6-12(10-18-15)20(22)23/h5-10H,1-4H3,(H,19,21). The van der Waals surface area contributed by atoms with Gasteiger partial charge < -0.3 is 14.2 Å². The van der Waals surface area contributed by atoms with E-state index >= 15 is 0 Å². The molecular formula is C17H19N3O6. The Morgan fingerprint density at radius 2 is 1.92 bits per heavy atom. The predicted molar refractivity (Wildman–Crippen MR) is 93.8 cm³/mol. The van der Waals surface area contributed by atoms with E-state index in [1.807, 2.05) is 0 Å². The third-order valence-corrected chi connectivity index (χ3v) is 2.95. The van der Waals surface area contributed by atoms with Crippen LogP contribution in [-0.4, -0.2) is 28.7 Å². The summed E-state index contributed by atoms with van der Waals surface area (Å²) in [5, 5.41) is 13.2. The second-order valence-corrected chi connectivity index (χ2v) is 6.21. The maximum Gasteiger partial charge on any atom is 0.412 e. The van der Waals surface area contributed by atoms with Gasteiger partial charge in [0, 0.05) is 23.9 Å². The molecule has 1 N–H and O–H groups in total. The third-order valence-electron chi connectivity index (χ3n) is 2.95. The highest BCUT2D eigenvalue weighted by Crippen LogP contribution is 2.33. The van der Waals surface area contributed by atoms with Crippen LogP contribution >= 0.6 is 0 Å². The molecule has 0 bridgehead atoms. The number of hydrogen-bond donors (Lipinski definition) is 1. The molecule has 0 radical (unpaired) electrons. The molecule has 0 atom stereocenters. The summed E-state index contributed by atoms with van der Waals surface area (Å²) in [6.45, 7) is 5.30. The number of rotatable bonds is 5. The van der Waals surface area contributed by atoms with Crippen molar-refractivity contribution < 1.29 is 23.9 Å². The molecule has 0 fully saturated rings. The van der Waals surface area contributed by atoms with Crippen molar-refractivity contribution in [3.63, 3.8) is 0 Å². The molecule has 1 amide bonds. The quantitative estimate of drug-likeness (QED) is 0.629. The second-order valence-electron chi connectivity index (χ2n) is 6.21. The van der Waals surface area contributed by atoms with Crippen molar-refractivity contribution in [3.8, 4) is 17.4 Å². The SMILES string of the molecule is COc1cc(NC(=O)OC(C)(C)C)ccc1Oc1ccc([N+](=O)[O-])cn1. The van der Waals surface area contributed by atoms with Crippen molar-refractivity contribution in [1.82, 2.24) is 4.98 Å². The van der Waals surface area contributed by atoms with Crippen LogP contribution in [0.2, 0.25) is 0 Å². The van der Waals surface area contributed by atoms with E-state index in [9.17, 15) is 14.9 Å². The third kappa shape index (κ3) is 5.33. The van der Waals surface area contributed by atoms with Crippen molar-refractivity contribution in [2.75, 3.05) is 12.4 Å². The van der Waals surface area contributed by atoms with Gasteiger partial charge in [-0.3, -0.25) is 15.4 Å². The lowest BCUT2D eigenvalue weighted by molar-refractivity contribution is -0.385. The number of benzene rings is 1. The van der Waals surface area contributed by atoms with Gasteiger partial charge in [-0.15, -0.1) is 0 Å². The number of carbonyl (C=O) groups excluding carboxylic acids is 1. The Morgan fingerprint density at radius 3 is 2.46 bits per heavy atom. The van der Waals surface area contributed by atoms with E-state index in [0.717, 1.165) is 6.20 Å². The molecule has 26 heavy (non-hydrogen) atoms. The molecule has 0 aliphatic rings. The number of carbonyl (C=O) groups is 1. The van der Waals surface area contributed by atoms with Crippen molar-refractivity contribution in [2.45, 2.75) is 26.4 Å². The molecule has 0 aliphatic heterocycles. The first kappa shape index (κ1) is 19.0. The highest BCUT2D eigenvalue weighted by atomic mass is 16.6. The molecule has 0 aliphatic carbocycles. The first-order valence-electron chi connectivity index (χ1n) is 7.64. The zero-order valence-corrected chi connectivity index (χ0v) is 14.8. The van der Waals surface area contributed by atoms with Gasteiger partial charge >= 0.3 is 6.09 Å². The molecule has 138 valence electrons. The summed E-state index contributed by atoms with van der Waals surface area (Å²) in [5.74, 6) is 0.851. The summed E-state index contributed by atoms with van der Waals surface area (Å²) in [5.41, 5.74) is -0.292. The van der Waals surface area contributed by atoms with Crippen LogP contribution in [-0.2, 0) is 4.74 Å². The van der Waals surface area contributed by atoms with Gasteiger partial charge in [-0.2, -0.15) is 0 Å². The van der Waals surface area contributed by atoms with Crippen LogP contribution in [0.4, 0.5) is 16.2 Å². The Morgan fingerprint density at radius 1 is 1.19 bits per heavy atom. The molecule has 9 nitrogen and oxygen atoms in total. The van der Waals surface area contributed by atoms with Gasteiger partial charge in [0.05, 0.1) is 12.0 Å². The number of nitrogens with zero attached hydrogens (tertiary/aromatic N) is 2. The summed E-state index contributed by atoms with van der Waals surface area (Å²) in [6, 6.07) is 7.41. The highest BCUT2D eigenvalue weighted by molar-refractivity contribution is 5.85. The van der Waals surface area contributed by atoms with Gasteiger partial charge in [-0.1, -0.05) is 0 Å². The number of pyridine rings is 1. The molecule has 1 aromatic carbocycles. The van der Waals surface area contributed by atoms with Gasteiger partial charge in [-0.25, -0.2) is 9.78 Å². The average Bonchev–Trinajstić information content (AvgIpc) is 2.55. The molecule has 9 heteroatoms. The summed E-state index contributed by atoms with van der Waals surface area (Å²) in [7, 11) is 1.45. The zero-order valence-electron chi connectivity index (χ0n) is 14.8. The van der Waals surface area contributed by atoms with Crippen LogP contribution in [0.15, 0.2) is 36.5 Å². The summed E-state index contributed by atoms with van der Waals surface area (Å²) in [6.07, 6.45) is 0.505.